The minimum atomic E-state index is -2.36. The Bertz CT molecular complexity index is 111. The Labute approximate surface area is 72.0 Å². The largest absolute Gasteiger partial charge is 0.392 e. The number of rotatable bonds is 6. The summed E-state index contributed by atoms with van der Waals surface area (Å²) in [5.41, 5.74) is 0. The second kappa shape index (κ2) is 6.31. The van der Waals surface area contributed by atoms with E-state index in [9.17, 15) is 13.9 Å². The minimum Gasteiger partial charge on any atom is -0.392 e. The summed E-state index contributed by atoms with van der Waals surface area (Å²) in [6, 6.07) is -0.837. The lowest BCUT2D eigenvalue weighted by atomic mass is 10.2. The Morgan fingerprint density at radius 2 is 2.00 bits per heavy atom. The Balaban J connectivity index is 3.40. The summed E-state index contributed by atoms with van der Waals surface area (Å²) in [5.74, 6) is 0. The highest BCUT2D eigenvalue weighted by Gasteiger charge is 2.14. The zero-order chi connectivity index (χ0) is 9.56. The van der Waals surface area contributed by atoms with Crippen LogP contribution in [0.3, 0.4) is 0 Å². The van der Waals surface area contributed by atoms with Gasteiger partial charge in [0.2, 0.25) is 0 Å². The van der Waals surface area contributed by atoms with Gasteiger partial charge in [-0.05, 0) is 13.3 Å². The molecule has 0 aliphatic rings. The van der Waals surface area contributed by atoms with Crippen LogP contribution in [0.2, 0.25) is 0 Å². The van der Waals surface area contributed by atoms with Crippen molar-refractivity contribution in [1.82, 2.24) is 5.32 Å². The zero-order valence-electron chi connectivity index (χ0n) is 7.56. The molecule has 0 radical (unpaired) electrons. The molecule has 0 aromatic heterocycles. The van der Waals surface area contributed by atoms with Crippen molar-refractivity contribution in [2.45, 2.75) is 45.3 Å². The van der Waals surface area contributed by atoms with Crippen LogP contribution in [-0.2, 0) is 0 Å². The van der Waals surface area contributed by atoms with E-state index in [0.29, 0.717) is 6.42 Å². The van der Waals surface area contributed by atoms with Crippen LogP contribution >= 0.6 is 0 Å². The Morgan fingerprint density at radius 3 is 2.42 bits per heavy atom. The van der Waals surface area contributed by atoms with E-state index in [-0.39, 0.29) is 6.54 Å². The van der Waals surface area contributed by atoms with Crippen molar-refractivity contribution in [3.8, 4) is 0 Å². The summed E-state index contributed by atoms with van der Waals surface area (Å²) in [7, 11) is 0. The van der Waals surface area contributed by atoms with Crippen molar-refractivity contribution in [2.75, 3.05) is 6.54 Å². The lowest BCUT2D eigenvalue weighted by Gasteiger charge is -2.15. The van der Waals surface area contributed by atoms with Crippen LogP contribution in [0, 0.1) is 0 Å². The van der Waals surface area contributed by atoms with E-state index in [2.05, 4.69) is 5.32 Å². The summed E-state index contributed by atoms with van der Waals surface area (Å²) < 4.78 is 23.8. The van der Waals surface area contributed by atoms with Gasteiger partial charge in [0.25, 0.3) is 6.43 Å². The first-order valence-corrected chi connectivity index (χ1v) is 4.27. The van der Waals surface area contributed by atoms with Crippen LogP contribution < -0.4 is 5.32 Å². The number of halogens is 2. The zero-order valence-corrected chi connectivity index (χ0v) is 7.56. The van der Waals surface area contributed by atoms with Crippen LogP contribution in [0.15, 0.2) is 0 Å². The molecule has 2 nitrogen and oxygen atoms in total. The van der Waals surface area contributed by atoms with Gasteiger partial charge in [0, 0.05) is 6.54 Å². The monoisotopic (exact) mass is 181 g/mol. The SMILES string of the molecule is CCCC(O)CNC(C)C(F)F. The maximum Gasteiger partial charge on any atom is 0.253 e. The molecule has 0 fully saturated rings. The second-order valence-electron chi connectivity index (χ2n) is 2.97. The van der Waals surface area contributed by atoms with Gasteiger partial charge >= 0.3 is 0 Å². The van der Waals surface area contributed by atoms with Crippen molar-refractivity contribution >= 4 is 0 Å². The van der Waals surface area contributed by atoms with Gasteiger partial charge in [-0.15, -0.1) is 0 Å². The molecule has 2 atom stereocenters. The van der Waals surface area contributed by atoms with E-state index in [1.807, 2.05) is 6.92 Å². The molecular weight excluding hydrogens is 164 g/mol. The van der Waals surface area contributed by atoms with E-state index in [0.717, 1.165) is 6.42 Å². The third-order valence-electron chi connectivity index (χ3n) is 1.68. The number of aliphatic hydroxyl groups is 1. The van der Waals surface area contributed by atoms with Gasteiger partial charge in [0.05, 0.1) is 12.1 Å². The van der Waals surface area contributed by atoms with E-state index in [1.165, 1.54) is 6.92 Å². The molecular formula is C8H17F2NO. The summed E-state index contributed by atoms with van der Waals surface area (Å²) >= 11 is 0. The average Bonchev–Trinajstić information content (AvgIpc) is 2.00. The van der Waals surface area contributed by atoms with Crippen LogP contribution in [0.5, 0.6) is 0 Å². The maximum absolute atomic E-state index is 11.9. The van der Waals surface area contributed by atoms with Gasteiger partial charge in [-0.3, -0.25) is 0 Å². The molecule has 0 saturated heterocycles. The fourth-order valence-corrected chi connectivity index (χ4v) is 0.846. The van der Waals surface area contributed by atoms with Crippen molar-refractivity contribution in [1.29, 1.82) is 0 Å². The molecule has 0 aliphatic heterocycles. The fourth-order valence-electron chi connectivity index (χ4n) is 0.846. The van der Waals surface area contributed by atoms with Crippen LogP contribution in [0.4, 0.5) is 8.78 Å². The Morgan fingerprint density at radius 1 is 1.42 bits per heavy atom. The van der Waals surface area contributed by atoms with Gasteiger partial charge in [-0.25, -0.2) is 8.78 Å². The van der Waals surface area contributed by atoms with Crippen molar-refractivity contribution < 1.29 is 13.9 Å². The first kappa shape index (κ1) is 11.8. The maximum atomic E-state index is 11.9. The summed E-state index contributed by atoms with van der Waals surface area (Å²) in [6.45, 7) is 3.60. The van der Waals surface area contributed by atoms with Crippen LogP contribution in [0.25, 0.3) is 0 Å². The quantitative estimate of drug-likeness (QED) is 0.649. The highest BCUT2D eigenvalue weighted by atomic mass is 19.3. The number of hydrogen-bond donors (Lipinski definition) is 2. The van der Waals surface area contributed by atoms with Crippen LogP contribution in [0.1, 0.15) is 26.7 Å². The normalized spacial score (nSPS) is 16.5. The molecule has 0 aromatic carbocycles. The molecule has 0 aliphatic carbocycles. The smallest absolute Gasteiger partial charge is 0.253 e. The van der Waals surface area contributed by atoms with Crippen molar-refractivity contribution in [3.05, 3.63) is 0 Å². The van der Waals surface area contributed by atoms with Gasteiger partial charge in [-0.2, -0.15) is 0 Å². The molecule has 0 heterocycles. The van der Waals surface area contributed by atoms with E-state index in [4.69, 9.17) is 0 Å². The topological polar surface area (TPSA) is 32.3 Å². The average molecular weight is 181 g/mol. The predicted octanol–water partition coefficient (Wildman–Crippen LogP) is 1.39. The lowest BCUT2D eigenvalue weighted by Crippen LogP contribution is -2.37. The number of hydrogen-bond acceptors (Lipinski definition) is 2. The van der Waals surface area contributed by atoms with Gasteiger partial charge in [-0.1, -0.05) is 13.3 Å². The lowest BCUT2D eigenvalue weighted by molar-refractivity contribution is 0.0913. The van der Waals surface area contributed by atoms with Crippen LogP contribution in [-0.4, -0.2) is 30.2 Å². The first-order valence-electron chi connectivity index (χ1n) is 4.27. The molecule has 12 heavy (non-hydrogen) atoms. The molecule has 0 amide bonds. The van der Waals surface area contributed by atoms with Gasteiger partial charge in [0.1, 0.15) is 0 Å². The molecule has 2 unspecified atom stereocenters. The molecule has 2 N–H and O–H groups in total. The fraction of sp³-hybridized carbons (Fsp3) is 1.00. The molecule has 0 rings (SSSR count). The molecule has 74 valence electrons. The summed E-state index contributed by atoms with van der Waals surface area (Å²) in [6.07, 6.45) is -1.34. The molecule has 4 heteroatoms. The first-order chi connectivity index (χ1) is 5.57. The number of aliphatic hydroxyl groups excluding tert-OH is 1. The molecule has 0 bridgehead atoms. The third kappa shape index (κ3) is 5.43. The number of nitrogens with one attached hydrogen (secondary N) is 1. The highest BCUT2D eigenvalue weighted by molar-refractivity contribution is 4.66. The van der Waals surface area contributed by atoms with E-state index < -0.39 is 18.6 Å². The van der Waals surface area contributed by atoms with E-state index >= 15 is 0 Å². The second-order valence-corrected chi connectivity index (χ2v) is 2.97. The molecule has 0 spiro atoms. The van der Waals surface area contributed by atoms with Crippen molar-refractivity contribution in [3.63, 3.8) is 0 Å². The third-order valence-corrected chi connectivity index (χ3v) is 1.68. The standard InChI is InChI=1S/C8H17F2NO/c1-3-4-7(12)5-11-6(2)8(9)10/h6-8,11-12H,3-5H2,1-2H3. The predicted molar refractivity (Wildman–Crippen MR) is 44.4 cm³/mol. The minimum absolute atomic E-state index is 0.249. The summed E-state index contributed by atoms with van der Waals surface area (Å²) in [5, 5.41) is 11.7. The summed E-state index contributed by atoms with van der Waals surface area (Å²) in [4.78, 5) is 0. The number of alkyl halides is 2. The Hall–Kier alpha value is -0.220. The van der Waals surface area contributed by atoms with Crippen molar-refractivity contribution in [2.24, 2.45) is 0 Å². The molecule has 0 aromatic rings. The molecule has 0 saturated carbocycles. The highest BCUT2D eigenvalue weighted by Crippen LogP contribution is 2.00. The van der Waals surface area contributed by atoms with Gasteiger partial charge in [0.15, 0.2) is 0 Å². The van der Waals surface area contributed by atoms with Gasteiger partial charge < -0.3 is 10.4 Å². The Kier molecular flexibility index (Phi) is 6.20. The van der Waals surface area contributed by atoms with E-state index in [1.54, 1.807) is 0 Å².